The number of aryl methyl sites for hydroxylation is 1. The third kappa shape index (κ3) is 3.56. The van der Waals surface area contributed by atoms with Gasteiger partial charge in [0.15, 0.2) is 5.11 Å². The maximum absolute atomic E-state index is 13.3. The molecule has 2 aromatic carbocycles. The topological polar surface area (TPSA) is 54.3 Å². The van der Waals surface area contributed by atoms with Crippen LogP contribution in [0.1, 0.15) is 16.8 Å². The van der Waals surface area contributed by atoms with Crippen LogP contribution in [0.5, 0.6) is 0 Å². The number of nitrogens with zero attached hydrogens (tertiary/aromatic N) is 2. The lowest BCUT2D eigenvalue weighted by Gasteiger charge is -2.30. The third-order valence-electron chi connectivity index (χ3n) is 5.10. The van der Waals surface area contributed by atoms with Gasteiger partial charge in [0.25, 0.3) is 11.8 Å². The molecule has 2 amide bonds. The van der Waals surface area contributed by atoms with Crippen LogP contribution in [0.2, 0.25) is 5.02 Å². The Hall–Kier alpha value is -3.22. The normalized spacial score (nSPS) is 15.6. The minimum atomic E-state index is -0.518. The lowest BCUT2D eigenvalue weighted by Crippen LogP contribution is -2.54. The molecule has 0 unspecified atom stereocenters. The molecule has 3 aromatic rings. The minimum absolute atomic E-state index is 0.0124. The van der Waals surface area contributed by atoms with Crippen molar-refractivity contribution in [1.82, 2.24) is 9.88 Å². The van der Waals surface area contributed by atoms with Crippen molar-refractivity contribution in [3.8, 4) is 5.69 Å². The molecule has 0 aliphatic carbocycles. The summed E-state index contributed by atoms with van der Waals surface area (Å²) in [6.45, 7) is 3.89. The molecule has 1 aliphatic heterocycles. The predicted octanol–water partition coefficient (Wildman–Crippen LogP) is 4.58. The molecule has 5 nitrogen and oxygen atoms in total. The van der Waals surface area contributed by atoms with E-state index in [-0.39, 0.29) is 10.7 Å². The van der Waals surface area contributed by atoms with E-state index in [1.807, 2.05) is 67.1 Å². The monoisotopic (exact) mass is 435 g/mol. The van der Waals surface area contributed by atoms with Gasteiger partial charge in [-0.15, -0.1) is 0 Å². The fraction of sp³-hybridized carbons (Fsp3) is 0.0870. The van der Waals surface area contributed by atoms with Crippen molar-refractivity contribution in [1.29, 1.82) is 0 Å². The highest BCUT2D eigenvalue weighted by molar-refractivity contribution is 7.80. The number of thiocarbonyl (C=S) groups is 1. The second-order valence-electron chi connectivity index (χ2n) is 6.96. The van der Waals surface area contributed by atoms with E-state index in [1.165, 1.54) is 4.90 Å². The van der Waals surface area contributed by atoms with E-state index < -0.39 is 11.8 Å². The minimum Gasteiger partial charge on any atom is -0.317 e. The molecule has 0 spiro atoms. The number of hydrogen-bond donors (Lipinski definition) is 1. The Morgan fingerprint density at radius 3 is 2.47 bits per heavy atom. The SMILES string of the molecule is Cc1cccc(N2C(=O)/C(=C/c3cccn3-c3ccc(Cl)cc3)C(=O)NC2=S)c1C. The molecule has 1 saturated heterocycles. The lowest BCUT2D eigenvalue weighted by molar-refractivity contribution is -0.122. The summed E-state index contributed by atoms with van der Waals surface area (Å²) >= 11 is 11.3. The first-order valence-electron chi connectivity index (χ1n) is 9.28. The number of halogens is 1. The third-order valence-corrected chi connectivity index (χ3v) is 5.63. The summed E-state index contributed by atoms with van der Waals surface area (Å²) < 4.78 is 1.87. The molecule has 150 valence electrons. The van der Waals surface area contributed by atoms with Crippen LogP contribution in [0.3, 0.4) is 0 Å². The Labute approximate surface area is 184 Å². The number of amides is 2. The molecule has 0 radical (unpaired) electrons. The molecule has 1 aromatic heterocycles. The average Bonchev–Trinajstić information content (AvgIpc) is 3.17. The first kappa shape index (κ1) is 20.1. The predicted molar refractivity (Wildman–Crippen MR) is 123 cm³/mol. The van der Waals surface area contributed by atoms with Gasteiger partial charge in [0.05, 0.1) is 5.69 Å². The van der Waals surface area contributed by atoms with Crippen LogP contribution in [-0.4, -0.2) is 21.5 Å². The lowest BCUT2D eigenvalue weighted by atomic mass is 10.0. The Bertz CT molecular complexity index is 1210. The Morgan fingerprint density at radius 1 is 1.00 bits per heavy atom. The second-order valence-corrected chi connectivity index (χ2v) is 7.78. The molecular weight excluding hydrogens is 418 g/mol. The standard InChI is InChI=1S/C23H18ClN3O2S/c1-14-5-3-7-20(15(14)2)27-22(29)19(21(28)25-23(27)30)13-18-6-4-12-26(18)17-10-8-16(24)9-11-17/h3-13H,1-2H3,(H,25,28,30)/b19-13+. The van der Waals surface area contributed by atoms with Crippen molar-refractivity contribution in [3.63, 3.8) is 0 Å². The summed E-state index contributed by atoms with van der Waals surface area (Å²) in [4.78, 5) is 27.3. The van der Waals surface area contributed by atoms with Crippen molar-refractivity contribution < 1.29 is 9.59 Å². The largest absolute Gasteiger partial charge is 0.317 e. The van der Waals surface area contributed by atoms with Gasteiger partial charge in [-0.3, -0.25) is 19.8 Å². The summed E-state index contributed by atoms with van der Waals surface area (Å²) in [5, 5.41) is 3.34. The molecule has 0 bridgehead atoms. The van der Waals surface area contributed by atoms with Crippen LogP contribution in [0.25, 0.3) is 11.8 Å². The summed E-state index contributed by atoms with van der Waals surface area (Å²) in [5.74, 6) is -0.975. The van der Waals surface area contributed by atoms with E-state index in [4.69, 9.17) is 23.8 Å². The van der Waals surface area contributed by atoms with Gasteiger partial charge in [0, 0.05) is 22.6 Å². The number of carbonyl (C=O) groups is 2. The molecule has 2 heterocycles. The van der Waals surface area contributed by atoms with Gasteiger partial charge >= 0.3 is 0 Å². The summed E-state index contributed by atoms with van der Waals surface area (Å²) in [6.07, 6.45) is 3.43. The highest BCUT2D eigenvalue weighted by Gasteiger charge is 2.35. The van der Waals surface area contributed by atoms with Gasteiger partial charge in [0.1, 0.15) is 5.57 Å². The Morgan fingerprint density at radius 2 is 1.73 bits per heavy atom. The fourth-order valence-electron chi connectivity index (χ4n) is 3.35. The molecular formula is C23H18ClN3O2S. The molecule has 30 heavy (non-hydrogen) atoms. The van der Waals surface area contributed by atoms with E-state index in [0.717, 1.165) is 16.8 Å². The molecule has 1 aliphatic rings. The van der Waals surface area contributed by atoms with Gasteiger partial charge in [-0.2, -0.15) is 0 Å². The van der Waals surface area contributed by atoms with Crippen molar-refractivity contribution in [2.24, 2.45) is 0 Å². The van der Waals surface area contributed by atoms with E-state index in [0.29, 0.717) is 16.4 Å². The van der Waals surface area contributed by atoms with E-state index >= 15 is 0 Å². The molecule has 0 atom stereocenters. The maximum Gasteiger partial charge on any atom is 0.270 e. The van der Waals surface area contributed by atoms with Crippen molar-refractivity contribution in [3.05, 3.63) is 88.2 Å². The van der Waals surface area contributed by atoms with Crippen LogP contribution in [-0.2, 0) is 9.59 Å². The molecule has 1 fully saturated rings. The zero-order chi connectivity index (χ0) is 21.4. The van der Waals surface area contributed by atoms with Crippen LogP contribution >= 0.6 is 23.8 Å². The average molecular weight is 436 g/mol. The Balaban J connectivity index is 1.77. The number of benzene rings is 2. The van der Waals surface area contributed by atoms with Crippen LogP contribution in [0, 0.1) is 13.8 Å². The molecule has 4 rings (SSSR count). The second kappa shape index (κ2) is 7.89. The highest BCUT2D eigenvalue weighted by atomic mass is 35.5. The van der Waals surface area contributed by atoms with Crippen molar-refractivity contribution in [2.75, 3.05) is 4.90 Å². The van der Waals surface area contributed by atoms with E-state index in [9.17, 15) is 9.59 Å². The molecule has 0 saturated carbocycles. The van der Waals surface area contributed by atoms with Crippen LogP contribution in [0.15, 0.2) is 66.4 Å². The summed E-state index contributed by atoms with van der Waals surface area (Å²) in [5.41, 5.74) is 4.17. The van der Waals surface area contributed by atoms with Gasteiger partial charge in [-0.05, 0) is 85.7 Å². The fourth-order valence-corrected chi connectivity index (χ4v) is 3.75. The van der Waals surface area contributed by atoms with Crippen LogP contribution in [0.4, 0.5) is 5.69 Å². The first-order chi connectivity index (χ1) is 14.4. The zero-order valence-corrected chi connectivity index (χ0v) is 17.9. The highest BCUT2D eigenvalue weighted by Crippen LogP contribution is 2.27. The van der Waals surface area contributed by atoms with Gasteiger partial charge in [-0.25, -0.2) is 0 Å². The van der Waals surface area contributed by atoms with Gasteiger partial charge in [-0.1, -0.05) is 23.7 Å². The quantitative estimate of drug-likeness (QED) is 0.372. The summed E-state index contributed by atoms with van der Waals surface area (Å²) in [7, 11) is 0. The van der Waals surface area contributed by atoms with Gasteiger partial charge in [0.2, 0.25) is 0 Å². The molecule has 7 heteroatoms. The van der Waals surface area contributed by atoms with E-state index in [1.54, 1.807) is 18.2 Å². The number of rotatable bonds is 3. The van der Waals surface area contributed by atoms with E-state index in [2.05, 4.69) is 5.32 Å². The zero-order valence-electron chi connectivity index (χ0n) is 16.3. The van der Waals surface area contributed by atoms with Crippen LogP contribution < -0.4 is 10.2 Å². The number of carbonyl (C=O) groups excluding carboxylic acids is 2. The first-order valence-corrected chi connectivity index (χ1v) is 10.1. The van der Waals surface area contributed by atoms with Crippen molar-refractivity contribution in [2.45, 2.75) is 13.8 Å². The number of anilines is 1. The summed E-state index contributed by atoms with van der Waals surface area (Å²) in [6, 6.07) is 16.6. The maximum atomic E-state index is 13.3. The number of hydrogen-bond acceptors (Lipinski definition) is 3. The Kier molecular flexibility index (Phi) is 5.28. The van der Waals surface area contributed by atoms with Gasteiger partial charge < -0.3 is 4.57 Å². The molecule has 1 N–H and O–H groups in total. The smallest absolute Gasteiger partial charge is 0.270 e. The van der Waals surface area contributed by atoms with Crippen molar-refractivity contribution >= 4 is 52.5 Å². The number of nitrogens with one attached hydrogen (secondary N) is 1. The number of aromatic nitrogens is 1.